The maximum Gasteiger partial charge on any atom is 0.0244 e. The van der Waals surface area contributed by atoms with Gasteiger partial charge in [-0.2, -0.15) is 0 Å². The second kappa shape index (κ2) is 4.81. The van der Waals surface area contributed by atoms with Crippen molar-refractivity contribution < 1.29 is 0 Å². The van der Waals surface area contributed by atoms with Gasteiger partial charge in [0, 0.05) is 18.1 Å². The van der Waals surface area contributed by atoms with Gasteiger partial charge >= 0.3 is 0 Å². The summed E-state index contributed by atoms with van der Waals surface area (Å²) in [6, 6.07) is 9.64. The number of hydrogen-bond donors (Lipinski definition) is 0. The maximum absolute atomic E-state index is 2.70. The average Bonchev–Trinajstić information content (AvgIpc) is 2.37. The smallest absolute Gasteiger partial charge is 0.0244 e. The Balaban J connectivity index is 2.30. The molecule has 0 amide bonds. The van der Waals surface area contributed by atoms with Crippen LogP contribution in [0.4, 0.5) is 0 Å². The van der Waals surface area contributed by atoms with E-state index in [2.05, 4.69) is 56.9 Å². The van der Waals surface area contributed by atoms with Crippen molar-refractivity contribution in [2.45, 2.75) is 65.1 Å². The zero-order valence-corrected chi connectivity index (χ0v) is 11.7. The molecule has 1 aromatic rings. The summed E-state index contributed by atoms with van der Waals surface area (Å²) in [5.74, 6) is 0. The van der Waals surface area contributed by atoms with Crippen LogP contribution in [0.3, 0.4) is 0 Å². The minimum atomic E-state index is 0.314. The van der Waals surface area contributed by atoms with E-state index >= 15 is 0 Å². The number of nitrogens with zero attached hydrogens (tertiary/aromatic N) is 1. The van der Waals surface area contributed by atoms with Crippen molar-refractivity contribution in [3.63, 3.8) is 0 Å². The molecule has 2 rings (SSSR count). The van der Waals surface area contributed by atoms with Crippen molar-refractivity contribution in [2.24, 2.45) is 0 Å². The van der Waals surface area contributed by atoms with Crippen molar-refractivity contribution in [3.8, 4) is 0 Å². The van der Waals surface area contributed by atoms with Crippen molar-refractivity contribution in [3.05, 3.63) is 35.4 Å². The van der Waals surface area contributed by atoms with Gasteiger partial charge in [0.15, 0.2) is 0 Å². The lowest BCUT2D eigenvalue weighted by atomic mass is 9.87. The molecule has 1 aromatic carbocycles. The van der Waals surface area contributed by atoms with E-state index in [0.717, 1.165) is 6.54 Å². The first-order valence-corrected chi connectivity index (χ1v) is 6.92. The van der Waals surface area contributed by atoms with E-state index < -0.39 is 0 Å². The minimum Gasteiger partial charge on any atom is -0.291 e. The summed E-state index contributed by atoms with van der Waals surface area (Å²) >= 11 is 0. The Bertz CT molecular complexity index is 381. The molecular weight excluding hydrogens is 206 g/mol. The number of hydrogen-bond acceptors (Lipinski definition) is 1. The Morgan fingerprint density at radius 3 is 2.41 bits per heavy atom. The van der Waals surface area contributed by atoms with Crippen LogP contribution in [-0.2, 0) is 13.0 Å². The number of benzene rings is 1. The summed E-state index contributed by atoms with van der Waals surface area (Å²) < 4.78 is 0. The quantitative estimate of drug-likeness (QED) is 0.759. The lowest BCUT2D eigenvalue weighted by Crippen LogP contribution is -2.51. The summed E-state index contributed by atoms with van der Waals surface area (Å²) in [6.07, 6.45) is 3.68. The van der Waals surface area contributed by atoms with E-state index in [9.17, 15) is 0 Å². The fraction of sp³-hybridized carbons (Fsp3) is 0.625. The van der Waals surface area contributed by atoms with Crippen LogP contribution in [0.15, 0.2) is 24.3 Å². The minimum absolute atomic E-state index is 0.314. The van der Waals surface area contributed by atoms with Gasteiger partial charge in [-0.05, 0) is 44.2 Å². The molecule has 0 bridgehead atoms. The molecule has 0 radical (unpaired) electrons. The molecule has 94 valence electrons. The Labute approximate surface area is 106 Å². The van der Waals surface area contributed by atoms with Crippen molar-refractivity contribution in [1.82, 2.24) is 4.90 Å². The van der Waals surface area contributed by atoms with Gasteiger partial charge in [0.2, 0.25) is 0 Å². The van der Waals surface area contributed by atoms with Crippen LogP contribution in [-0.4, -0.2) is 16.5 Å². The van der Waals surface area contributed by atoms with Gasteiger partial charge in [-0.15, -0.1) is 0 Å². The van der Waals surface area contributed by atoms with E-state index in [1.807, 2.05) is 0 Å². The Morgan fingerprint density at radius 2 is 1.82 bits per heavy atom. The summed E-state index contributed by atoms with van der Waals surface area (Å²) in [4.78, 5) is 2.70. The third-order valence-corrected chi connectivity index (χ3v) is 4.47. The van der Waals surface area contributed by atoms with Gasteiger partial charge in [-0.25, -0.2) is 0 Å². The van der Waals surface area contributed by atoms with Gasteiger partial charge in [0.05, 0.1) is 0 Å². The molecule has 1 nitrogen and oxygen atoms in total. The van der Waals surface area contributed by atoms with Gasteiger partial charge in [0.25, 0.3) is 0 Å². The lowest BCUT2D eigenvalue weighted by molar-refractivity contribution is 0.0451. The van der Waals surface area contributed by atoms with Gasteiger partial charge < -0.3 is 0 Å². The molecule has 1 unspecified atom stereocenters. The SMILES string of the molecule is CCC1Cc2ccccc2CN1C(C)(C)CC. The summed E-state index contributed by atoms with van der Waals surface area (Å²) in [7, 11) is 0. The predicted molar refractivity (Wildman–Crippen MR) is 74.1 cm³/mol. The molecule has 0 aromatic heterocycles. The third kappa shape index (κ3) is 2.40. The molecule has 0 fully saturated rings. The highest BCUT2D eigenvalue weighted by Crippen LogP contribution is 2.32. The Kier molecular flexibility index (Phi) is 3.58. The Hall–Kier alpha value is -0.820. The van der Waals surface area contributed by atoms with Crippen LogP contribution >= 0.6 is 0 Å². The van der Waals surface area contributed by atoms with Gasteiger partial charge in [-0.1, -0.05) is 38.1 Å². The normalized spacial score (nSPS) is 21.3. The topological polar surface area (TPSA) is 3.24 Å². The molecule has 0 saturated carbocycles. The molecule has 1 aliphatic heterocycles. The van der Waals surface area contributed by atoms with E-state index in [1.54, 1.807) is 5.56 Å². The summed E-state index contributed by atoms with van der Waals surface area (Å²) in [6.45, 7) is 10.5. The van der Waals surface area contributed by atoms with Crippen LogP contribution in [0.1, 0.15) is 51.7 Å². The van der Waals surface area contributed by atoms with E-state index in [0.29, 0.717) is 11.6 Å². The molecule has 17 heavy (non-hydrogen) atoms. The van der Waals surface area contributed by atoms with E-state index in [1.165, 1.54) is 24.8 Å². The van der Waals surface area contributed by atoms with Crippen LogP contribution in [0, 0.1) is 0 Å². The number of rotatable bonds is 3. The Morgan fingerprint density at radius 1 is 1.18 bits per heavy atom. The van der Waals surface area contributed by atoms with Gasteiger partial charge in [0.1, 0.15) is 0 Å². The van der Waals surface area contributed by atoms with Gasteiger partial charge in [-0.3, -0.25) is 4.90 Å². The highest BCUT2D eigenvalue weighted by molar-refractivity contribution is 5.30. The first-order valence-electron chi connectivity index (χ1n) is 6.92. The third-order valence-electron chi connectivity index (χ3n) is 4.47. The summed E-state index contributed by atoms with van der Waals surface area (Å²) in [5, 5.41) is 0. The molecule has 0 saturated heterocycles. The van der Waals surface area contributed by atoms with Crippen LogP contribution in [0.5, 0.6) is 0 Å². The first-order chi connectivity index (χ1) is 8.08. The van der Waals surface area contributed by atoms with E-state index in [4.69, 9.17) is 0 Å². The summed E-state index contributed by atoms with van der Waals surface area (Å²) in [5.41, 5.74) is 3.40. The largest absolute Gasteiger partial charge is 0.291 e. The van der Waals surface area contributed by atoms with Crippen LogP contribution in [0.25, 0.3) is 0 Å². The molecule has 1 atom stereocenters. The molecule has 1 aliphatic rings. The highest BCUT2D eigenvalue weighted by Gasteiger charge is 2.33. The van der Waals surface area contributed by atoms with Crippen LogP contribution < -0.4 is 0 Å². The van der Waals surface area contributed by atoms with Crippen molar-refractivity contribution >= 4 is 0 Å². The number of fused-ring (bicyclic) bond motifs is 1. The van der Waals surface area contributed by atoms with Crippen molar-refractivity contribution in [1.29, 1.82) is 0 Å². The fourth-order valence-corrected chi connectivity index (χ4v) is 2.86. The zero-order valence-electron chi connectivity index (χ0n) is 11.7. The highest BCUT2D eigenvalue weighted by atomic mass is 15.2. The van der Waals surface area contributed by atoms with Crippen LogP contribution in [0.2, 0.25) is 0 Å². The average molecular weight is 231 g/mol. The standard InChI is InChI=1S/C16H25N/c1-5-15-11-13-9-7-8-10-14(13)12-17(15)16(3,4)6-2/h7-10,15H,5-6,11-12H2,1-4H3. The maximum atomic E-state index is 2.70. The molecule has 0 spiro atoms. The molecule has 1 heteroatoms. The van der Waals surface area contributed by atoms with Crippen molar-refractivity contribution in [2.75, 3.05) is 0 Å². The first kappa shape index (κ1) is 12.6. The monoisotopic (exact) mass is 231 g/mol. The molecule has 0 N–H and O–H groups in total. The molecule has 1 heterocycles. The zero-order chi connectivity index (χ0) is 12.5. The molecule has 0 aliphatic carbocycles. The van der Waals surface area contributed by atoms with E-state index in [-0.39, 0.29) is 0 Å². The second-order valence-electron chi connectivity index (χ2n) is 5.83. The second-order valence-corrected chi connectivity index (χ2v) is 5.83. The fourth-order valence-electron chi connectivity index (χ4n) is 2.86. The predicted octanol–water partition coefficient (Wildman–Crippen LogP) is 4.01. The lowest BCUT2D eigenvalue weighted by Gasteiger charge is -2.46. The molecular formula is C16H25N.